The van der Waals surface area contributed by atoms with Crippen LogP contribution in [-0.2, 0) is 0 Å². The van der Waals surface area contributed by atoms with Gasteiger partial charge in [0.2, 0.25) is 5.43 Å². The zero-order valence-electron chi connectivity index (χ0n) is 9.30. The van der Waals surface area contributed by atoms with Gasteiger partial charge in [-0.05, 0) is 31.0 Å². The molecule has 0 saturated heterocycles. The number of hydrogen-bond acceptors (Lipinski definition) is 2. The van der Waals surface area contributed by atoms with Gasteiger partial charge in [0.05, 0.1) is 5.39 Å². The second-order valence-corrected chi connectivity index (χ2v) is 4.68. The number of aromatic amines is 1. The van der Waals surface area contributed by atoms with Crippen molar-refractivity contribution in [2.45, 2.75) is 13.8 Å². The van der Waals surface area contributed by atoms with Crippen molar-refractivity contribution in [2.75, 3.05) is 0 Å². The summed E-state index contributed by atoms with van der Waals surface area (Å²) in [6.07, 6.45) is 1.24. The molecular formula is C12H10BrNO3. The average Bonchev–Trinajstić information content (AvgIpc) is 2.25. The minimum absolute atomic E-state index is 0.239. The van der Waals surface area contributed by atoms with E-state index in [1.165, 1.54) is 6.20 Å². The third-order valence-corrected chi connectivity index (χ3v) is 3.97. The summed E-state index contributed by atoms with van der Waals surface area (Å²) < 4.78 is 0.832. The molecule has 0 atom stereocenters. The molecule has 0 aliphatic carbocycles. The Kier molecular flexibility index (Phi) is 2.79. The van der Waals surface area contributed by atoms with E-state index >= 15 is 0 Å². The minimum atomic E-state index is -1.22. The summed E-state index contributed by atoms with van der Waals surface area (Å²) in [6.45, 7) is 3.71. The number of aryl methyl sites for hydroxylation is 2. The summed E-state index contributed by atoms with van der Waals surface area (Å²) in [7, 11) is 0. The molecule has 88 valence electrons. The van der Waals surface area contributed by atoms with Crippen molar-refractivity contribution in [2.24, 2.45) is 0 Å². The normalized spacial score (nSPS) is 10.8. The molecule has 0 unspecified atom stereocenters. The lowest BCUT2D eigenvalue weighted by Gasteiger charge is -2.08. The maximum absolute atomic E-state index is 12.0. The highest BCUT2D eigenvalue weighted by Crippen LogP contribution is 2.26. The molecule has 2 rings (SSSR count). The van der Waals surface area contributed by atoms with Crippen LogP contribution in [0.4, 0.5) is 0 Å². The van der Waals surface area contributed by atoms with Crippen molar-refractivity contribution in [1.82, 2.24) is 4.98 Å². The molecule has 2 aromatic rings. The van der Waals surface area contributed by atoms with Gasteiger partial charge in [0.25, 0.3) is 0 Å². The van der Waals surface area contributed by atoms with Gasteiger partial charge in [-0.3, -0.25) is 4.79 Å². The first-order chi connectivity index (χ1) is 7.93. The van der Waals surface area contributed by atoms with Crippen LogP contribution in [0.2, 0.25) is 0 Å². The first kappa shape index (κ1) is 11.9. The van der Waals surface area contributed by atoms with E-state index in [-0.39, 0.29) is 5.56 Å². The zero-order chi connectivity index (χ0) is 12.7. The zero-order valence-corrected chi connectivity index (χ0v) is 10.9. The van der Waals surface area contributed by atoms with Crippen LogP contribution >= 0.6 is 15.9 Å². The summed E-state index contributed by atoms with van der Waals surface area (Å²) in [4.78, 5) is 25.8. The molecule has 0 bridgehead atoms. The highest BCUT2D eigenvalue weighted by Gasteiger charge is 2.15. The topological polar surface area (TPSA) is 70.2 Å². The van der Waals surface area contributed by atoms with Gasteiger partial charge in [0.15, 0.2) is 0 Å². The van der Waals surface area contributed by atoms with Gasteiger partial charge in [-0.2, -0.15) is 0 Å². The SMILES string of the molecule is Cc1cc2[nH]cc(C(=O)O)c(=O)c2c(C)c1Br. The van der Waals surface area contributed by atoms with E-state index < -0.39 is 11.4 Å². The largest absolute Gasteiger partial charge is 0.477 e. The number of hydrogen-bond donors (Lipinski definition) is 2. The fourth-order valence-electron chi connectivity index (χ4n) is 1.87. The van der Waals surface area contributed by atoms with Crippen molar-refractivity contribution < 1.29 is 9.90 Å². The highest BCUT2D eigenvalue weighted by atomic mass is 79.9. The molecule has 0 fully saturated rings. The number of aromatic nitrogens is 1. The second-order valence-electron chi connectivity index (χ2n) is 3.89. The van der Waals surface area contributed by atoms with Crippen LogP contribution in [0.3, 0.4) is 0 Å². The fraction of sp³-hybridized carbons (Fsp3) is 0.167. The molecule has 0 amide bonds. The van der Waals surface area contributed by atoms with Crippen molar-refractivity contribution in [3.63, 3.8) is 0 Å². The molecule has 0 radical (unpaired) electrons. The van der Waals surface area contributed by atoms with E-state index in [9.17, 15) is 9.59 Å². The van der Waals surface area contributed by atoms with Crippen LogP contribution in [0.1, 0.15) is 21.5 Å². The smallest absolute Gasteiger partial charge is 0.341 e. The van der Waals surface area contributed by atoms with Gasteiger partial charge in [-0.15, -0.1) is 0 Å². The van der Waals surface area contributed by atoms with Gasteiger partial charge in [-0.1, -0.05) is 15.9 Å². The molecule has 2 N–H and O–H groups in total. The average molecular weight is 296 g/mol. The molecule has 0 saturated carbocycles. The Morgan fingerprint density at radius 1 is 1.41 bits per heavy atom. The molecule has 0 aliphatic rings. The summed E-state index contributed by atoms with van der Waals surface area (Å²) in [5, 5.41) is 9.33. The fourth-order valence-corrected chi connectivity index (χ4v) is 2.19. The summed E-state index contributed by atoms with van der Waals surface area (Å²) in [5.41, 5.74) is 1.71. The standard InChI is InChI=1S/C12H10BrNO3/c1-5-3-8-9(6(2)10(5)13)11(15)7(4-14-8)12(16)17/h3-4H,1-2H3,(H,14,15)(H,16,17). The maximum atomic E-state index is 12.0. The van der Waals surface area contributed by atoms with Gasteiger partial charge < -0.3 is 10.1 Å². The molecule has 17 heavy (non-hydrogen) atoms. The molecular weight excluding hydrogens is 286 g/mol. The van der Waals surface area contributed by atoms with Crippen LogP contribution in [0.15, 0.2) is 21.5 Å². The van der Waals surface area contributed by atoms with Crippen LogP contribution in [0, 0.1) is 13.8 Å². The number of nitrogens with one attached hydrogen (secondary N) is 1. The number of aromatic carboxylic acids is 1. The van der Waals surface area contributed by atoms with Crippen molar-refractivity contribution in [1.29, 1.82) is 0 Å². The lowest BCUT2D eigenvalue weighted by atomic mass is 10.0. The maximum Gasteiger partial charge on any atom is 0.341 e. The number of carboxylic acids is 1. The first-order valence-electron chi connectivity index (χ1n) is 4.98. The van der Waals surface area contributed by atoms with E-state index in [0.717, 1.165) is 15.6 Å². The Labute approximate surface area is 105 Å². The van der Waals surface area contributed by atoms with Crippen LogP contribution in [0.25, 0.3) is 10.9 Å². The predicted octanol–water partition coefficient (Wildman–Crippen LogP) is 2.61. The third-order valence-electron chi connectivity index (χ3n) is 2.75. The number of rotatable bonds is 1. The van der Waals surface area contributed by atoms with E-state index in [2.05, 4.69) is 20.9 Å². The van der Waals surface area contributed by atoms with E-state index in [1.807, 2.05) is 13.0 Å². The third kappa shape index (κ3) is 1.76. The van der Waals surface area contributed by atoms with E-state index in [1.54, 1.807) is 6.92 Å². The predicted molar refractivity (Wildman–Crippen MR) is 68.7 cm³/mol. The Morgan fingerprint density at radius 3 is 2.65 bits per heavy atom. The number of halogens is 1. The quantitative estimate of drug-likeness (QED) is 0.849. The van der Waals surface area contributed by atoms with Gasteiger partial charge in [-0.25, -0.2) is 4.79 Å². The first-order valence-corrected chi connectivity index (χ1v) is 5.77. The van der Waals surface area contributed by atoms with Crippen LogP contribution < -0.4 is 5.43 Å². The number of H-pyrrole nitrogens is 1. The minimum Gasteiger partial charge on any atom is -0.477 e. The Morgan fingerprint density at radius 2 is 2.06 bits per heavy atom. The summed E-state index contributed by atoms with van der Waals surface area (Å²) >= 11 is 3.40. The lowest BCUT2D eigenvalue weighted by Crippen LogP contribution is -2.16. The van der Waals surface area contributed by atoms with Crippen molar-refractivity contribution in [3.8, 4) is 0 Å². The molecule has 1 aromatic heterocycles. The van der Waals surface area contributed by atoms with Gasteiger partial charge >= 0.3 is 5.97 Å². The molecule has 0 aliphatic heterocycles. The van der Waals surface area contributed by atoms with Crippen LogP contribution in [-0.4, -0.2) is 16.1 Å². The Hall–Kier alpha value is -1.62. The Balaban J connectivity index is 3.00. The number of benzene rings is 1. The van der Waals surface area contributed by atoms with Crippen LogP contribution in [0.5, 0.6) is 0 Å². The number of pyridine rings is 1. The highest BCUT2D eigenvalue weighted by molar-refractivity contribution is 9.10. The molecule has 0 spiro atoms. The monoisotopic (exact) mass is 295 g/mol. The number of carboxylic acid groups (broad SMARTS) is 1. The molecule has 1 aromatic carbocycles. The lowest BCUT2D eigenvalue weighted by molar-refractivity contribution is 0.0695. The van der Waals surface area contributed by atoms with Gasteiger partial charge in [0, 0.05) is 16.2 Å². The number of carbonyl (C=O) groups is 1. The molecule has 4 nitrogen and oxygen atoms in total. The van der Waals surface area contributed by atoms with E-state index in [0.29, 0.717) is 10.9 Å². The van der Waals surface area contributed by atoms with E-state index in [4.69, 9.17) is 5.11 Å². The van der Waals surface area contributed by atoms with Gasteiger partial charge in [0.1, 0.15) is 5.56 Å². The number of fused-ring (bicyclic) bond motifs is 1. The Bertz CT molecular complexity index is 688. The summed E-state index contributed by atoms with van der Waals surface area (Å²) in [6, 6.07) is 1.82. The summed E-state index contributed by atoms with van der Waals surface area (Å²) in [5.74, 6) is -1.22. The molecule has 1 heterocycles. The second kappa shape index (κ2) is 4.00. The van der Waals surface area contributed by atoms with Crippen molar-refractivity contribution >= 4 is 32.8 Å². The van der Waals surface area contributed by atoms with Crippen molar-refractivity contribution in [3.05, 3.63) is 43.6 Å². The molecule has 5 heteroatoms.